The maximum Gasteiger partial charge on any atom is 0.266 e. The third kappa shape index (κ3) is 3.87. The molecule has 1 N–H and O–H groups in total. The maximum atomic E-state index is 12.1. The first-order chi connectivity index (χ1) is 10.6. The van der Waals surface area contributed by atoms with Gasteiger partial charge in [-0.05, 0) is 48.9 Å². The second-order valence-corrected chi connectivity index (χ2v) is 4.84. The van der Waals surface area contributed by atoms with Crippen molar-refractivity contribution in [1.82, 2.24) is 0 Å². The lowest BCUT2D eigenvalue weighted by Crippen LogP contribution is -2.14. The molecule has 110 valence electrons. The molecule has 0 aliphatic heterocycles. The maximum absolute atomic E-state index is 12.1. The van der Waals surface area contributed by atoms with E-state index in [2.05, 4.69) is 5.32 Å². The zero-order chi connectivity index (χ0) is 15.9. The van der Waals surface area contributed by atoms with E-state index in [9.17, 15) is 4.79 Å². The Morgan fingerprint density at radius 3 is 2.86 bits per heavy atom. The average molecular weight is 313 g/mol. The number of hydrogen-bond donors (Lipinski definition) is 1. The molecule has 0 fully saturated rings. The Balaban J connectivity index is 2.12. The molecule has 0 saturated heterocycles. The molecule has 0 aliphatic rings. The Morgan fingerprint density at radius 2 is 2.18 bits per heavy atom. The van der Waals surface area contributed by atoms with Gasteiger partial charge in [-0.25, -0.2) is 0 Å². The van der Waals surface area contributed by atoms with Gasteiger partial charge in [-0.3, -0.25) is 4.79 Å². The number of allylic oxidation sites excluding steroid dienone is 2. The molecule has 1 heterocycles. The van der Waals surface area contributed by atoms with Gasteiger partial charge in [-0.15, -0.1) is 0 Å². The van der Waals surface area contributed by atoms with Crippen LogP contribution in [-0.2, 0) is 4.79 Å². The van der Waals surface area contributed by atoms with E-state index >= 15 is 0 Å². The molecule has 1 aromatic carbocycles. The van der Waals surface area contributed by atoms with Gasteiger partial charge in [-0.1, -0.05) is 23.7 Å². The Hall–Kier alpha value is -2.77. The molecule has 1 amide bonds. The monoisotopic (exact) mass is 312 g/mol. The number of nitrogens with zero attached hydrogens (tertiary/aromatic N) is 1. The van der Waals surface area contributed by atoms with Crippen molar-refractivity contribution in [3.05, 3.63) is 70.7 Å². The van der Waals surface area contributed by atoms with Crippen molar-refractivity contribution in [2.75, 3.05) is 5.32 Å². The summed E-state index contributed by atoms with van der Waals surface area (Å²) in [5.41, 5.74) is 1.32. The summed E-state index contributed by atoms with van der Waals surface area (Å²) in [6, 6.07) is 10.6. The van der Waals surface area contributed by atoms with E-state index in [0.717, 1.165) is 5.56 Å². The molecular formula is C17H13ClN2O2. The highest BCUT2D eigenvalue weighted by Crippen LogP contribution is 2.23. The smallest absolute Gasteiger partial charge is 0.266 e. The quantitative estimate of drug-likeness (QED) is 0.518. The van der Waals surface area contributed by atoms with Gasteiger partial charge in [-0.2, -0.15) is 5.26 Å². The topological polar surface area (TPSA) is 66.0 Å². The summed E-state index contributed by atoms with van der Waals surface area (Å²) in [5.74, 6) is 0.150. The molecule has 0 radical (unpaired) electrons. The van der Waals surface area contributed by atoms with Gasteiger partial charge >= 0.3 is 0 Å². The number of carbonyl (C=O) groups excluding carboxylic acids is 1. The highest BCUT2D eigenvalue weighted by atomic mass is 35.5. The number of benzene rings is 1. The number of nitriles is 1. The molecule has 5 heteroatoms. The van der Waals surface area contributed by atoms with Gasteiger partial charge in [0.25, 0.3) is 5.91 Å². The fraction of sp³-hybridized carbons (Fsp3) is 0.0588. The normalized spacial score (nSPS) is 11.4. The van der Waals surface area contributed by atoms with Crippen LogP contribution in [0.2, 0.25) is 5.02 Å². The molecule has 0 atom stereocenters. The van der Waals surface area contributed by atoms with Gasteiger partial charge in [0.05, 0.1) is 6.26 Å². The summed E-state index contributed by atoms with van der Waals surface area (Å²) in [6.07, 6.45) is 6.22. The molecule has 4 nitrogen and oxygen atoms in total. The van der Waals surface area contributed by atoms with E-state index < -0.39 is 5.91 Å². The van der Waals surface area contributed by atoms with Crippen molar-refractivity contribution in [3.8, 4) is 6.07 Å². The molecular weight excluding hydrogens is 300 g/mol. The predicted octanol–water partition coefficient (Wildman–Crippen LogP) is 4.34. The van der Waals surface area contributed by atoms with Gasteiger partial charge in [0.15, 0.2) is 0 Å². The van der Waals surface area contributed by atoms with E-state index in [1.807, 2.05) is 6.07 Å². The molecule has 2 aromatic rings. The minimum absolute atomic E-state index is 0.0119. The molecule has 0 saturated carbocycles. The first-order valence-electron chi connectivity index (χ1n) is 6.50. The van der Waals surface area contributed by atoms with Crippen LogP contribution in [0.25, 0.3) is 6.08 Å². The summed E-state index contributed by atoms with van der Waals surface area (Å²) in [5, 5.41) is 12.3. The highest BCUT2D eigenvalue weighted by Gasteiger charge is 2.10. The van der Waals surface area contributed by atoms with Crippen molar-refractivity contribution in [3.63, 3.8) is 0 Å². The number of rotatable bonds is 4. The number of furan rings is 1. The zero-order valence-electron chi connectivity index (χ0n) is 11.8. The van der Waals surface area contributed by atoms with Gasteiger partial charge in [0, 0.05) is 10.7 Å². The van der Waals surface area contributed by atoms with Crippen molar-refractivity contribution in [1.29, 1.82) is 5.26 Å². The molecule has 2 rings (SSSR count). The largest absolute Gasteiger partial charge is 0.465 e. The third-order valence-electron chi connectivity index (χ3n) is 2.95. The molecule has 0 bridgehead atoms. The Kier molecular flexibility index (Phi) is 5.18. The predicted molar refractivity (Wildman–Crippen MR) is 86.3 cm³/mol. The SMILES string of the molecule is Cc1c(Cl)cccc1NC(=O)/C(C#N)=C\C=C\c1ccco1. The molecule has 0 aliphatic carbocycles. The van der Waals surface area contributed by atoms with Crippen LogP contribution in [0.15, 0.2) is 58.7 Å². The van der Waals surface area contributed by atoms with Crippen LogP contribution in [0.5, 0.6) is 0 Å². The van der Waals surface area contributed by atoms with Crippen LogP contribution in [0.1, 0.15) is 11.3 Å². The molecule has 0 unspecified atom stereocenters. The van der Waals surface area contributed by atoms with Crippen LogP contribution in [0, 0.1) is 18.3 Å². The summed E-state index contributed by atoms with van der Waals surface area (Å²) < 4.78 is 5.12. The van der Waals surface area contributed by atoms with E-state index in [-0.39, 0.29) is 5.57 Å². The fourth-order valence-corrected chi connectivity index (χ4v) is 1.90. The van der Waals surface area contributed by atoms with Crippen molar-refractivity contribution in [2.24, 2.45) is 0 Å². The number of halogens is 1. The number of amides is 1. The van der Waals surface area contributed by atoms with Crippen molar-refractivity contribution >= 4 is 29.3 Å². The minimum Gasteiger partial charge on any atom is -0.465 e. The Labute approximate surface area is 133 Å². The van der Waals surface area contributed by atoms with Crippen LogP contribution in [0.3, 0.4) is 0 Å². The summed E-state index contributed by atoms with van der Waals surface area (Å²) in [7, 11) is 0. The van der Waals surface area contributed by atoms with Crippen LogP contribution in [-0.4, -0.2) is 5.91 Å². The first-order valence-corrected chi connectivity index (χ1v) is 6.88. The summed E-state index contributed by atoms with van der Waals surface area (Å²) >= 11 is 6.00. The highest BCUT2D eigenvalue weighted by molar-refractivity contribution is 6.31. The molecule has 1 aromatic heterocycles. The lowest BCUT2D eigenvalue weighted by Gasteiger charge is -2.08. The van der Waals surface area contributed by atoms with E-state index in [4.69, 9.17) is 21.3 Å². The fourth-order valence-electron chi connectivity index (χ4n) is 1.72. The van der Waals surface area contributed by atoms with Gasteiger partial charge in [0.1, 0.15) is 17.4 Å². The summed E-state index contributed by atoms with van der Waals surface area (Å²) in [4.78, 5) is 12.1. The zero-order valence-corrected chi connectivity index (χ0v) is 12.6. The van der Waals surface area contributed by atoms with E-state index in [1.165, 1.54) is 6.08 Å². The van der Waals surface area contributed by atoms with Gasteiger partial charge < -0.3 is 9.73 Å². The van der Waals surface area contributed by atoms with E-state index in [1.54, 1.807) is 55.7 Å². The van der Waals surface area contributed by atoms with Crippen molar-refractivity contribution in [2.45, 2.75) is 6.92 Å². The standard InChI is InChI=1S/C17H13ClN2O2/c1-12-15(18)8-3-9-16(12)20-17(21)13(11-19)5-2-6-14-7-4-10-22-14/h2-10H,1H3,(H,20,21)/b6-2+,13-5-. The summed E-state index contributed by atoms with van der Waals surface area (Å²) in [6.45, 7) is 1.80. The number of hydrogen-bond acceptors (Lipinski definition) is 3. The Morgan fingerprint density at radius 1 is 1.36 bits per heavy atom. The van der Waals surface area contributed by atoms with Crippen LogP contribution >= 0.6 is 11.6 Å². The second-order valence-electron chi connectivity index (χ2n) is 4.43. The number of anilines is 1. The first kappa shape index (κ1) is 15.6. The van der Waals surface area contributed by atoms with Gasteiger partial charge in [0.2, 0.25) is 0 Å². The lowest BCUT2D eigenvalue weighted by atomic mass is 10.1. The number of carbonyl (C=O) groups is 1. The Bertz CT molecular complexity index is 768. The lowest BCUT2D eigenvalue weighted by molar-refractivity contribution is -0.112. The third-order valence-corrected chi connectivity index (χ3v) is 3.36. The van der Waals surface area contributed by atoms with E-state index in [0.29, 0.717) is 16.5 Å². The van der Waals surface area contributed by atoms with Crippen LogP contribution < -0.4 is 5.32 Å². The number of nitrogens with one attached hydrogen (secondary N) is 1. The second kappa shape index (κ2) is 7.30. The molecule has 22 heavy (non-hydrogen) atoms. The minimum atomic E-state index is -0.489. The average Bonchev–Trinajstić information content (AvgIpc) is 3.01. The van der Waals surface area contributed by atoms with Crippen LogP contribution in [0.4, 0.5) is 5.69 Å². The van der Waals surface area contributed by atoms with Crippen molar-refractivity contribution < 1.29 is 9.21 Å². The molecule has 0 spiro atoms.